The van der Waals surface area contributed by atoms with E-state index in [2.05, 4.69) is 41.7 Å². The summed E-state index contributed by atoms with van der Waals surface area (Å²) in [6.45, 7) is 0.737. The van der Waals surface area contributed by atoms with Gasteiger partial charge >= 0.3 is 0 Å². The van der Waals surface area contributed by atoms with Crippen molar-refractivity contribution in [2.45, 2.75) is 45.1 Å². The van der Waals surface area contributed by atoms with Crippen molar-refractivity contribution < 1.29 is 0 Å². The molecule has 1 fully saturated rings. The fourth-order valence-corrected chi connectivity index (χ4v) is 4.30. The largest absolute Gasteiger partial charge is 0.343 e. The zero-order valence-electron chi connectivity index (χ0n) is 13.9. The quantitative estimate of drug-likeness (QED) is 0.729. The SMILES string of the molecule is Clc1ccc2c(c1)NC(=NCc1ccccc1)C1(CCCCC1)C2. The van der Waals surface area contributed by atoms with Gasteiger partial charge in [-0.1, -0.05) is 67.3 Å². The summed E-state index contributed by atoms with van der Waals surface area (Å²) in [6.07, 6.45) is 7.50. The number of anilines is 1. The Morgan fingerprint density at radius 3 is 2.58 bits per heavy atom. The van der Waals surface area contributed by atoms with Crippen LogP contribution >= 0.6 is 11.6 Å². The number of fused-ring (bicyclic) bond motifs is 1. The Morgan fingerprint density at radius 1 is 1.00 bits per heavy atom. The van der Waals surface area contributed by atoms with Crippen LogP contribution in [0.1, 0.15) is 43.2 Å². The topological polar surface area (TPSA) is 24.4 Å². The number of nitrogens with one attached hydrogen (secondary N) is 1. The molecule has 2 aromatic carbocycles. The van der Waals surface area contributed by atoms with E-state index in [-0.39, 0.29) is 5.41 Å². The third kappa shape index (κ3) is 3.08. The van der Waals surface area contributed by atoms with Crippen molar-refractivity contribution in [2.24, 2.45) is 10.4 Å². The van der Waals surface area contributed by atoms with Crippen molar-refractivity contribution in [3.8, 4) is 0 Å². The van der Waals surface area contributed by atoms with Gasteiger partial charge in [-0.2, -0.15) is 0 Å². The molecule has 0 radical (unpaired) electrons. The summed E-state index contributed by atoms with van der Waals surface area (Å²) in [6, 6.07) is 16.7. The summed E-state index contributed by atoms with van der Waals surface area (Å²) in [5, 5.41) is 4.41. The number of hydrogen-bond donors (Lipinski definition) is 1. The molecule has 0 amide bonds. The lowest BCUT2D eigenvalue weighted by molar-refractivity contribution is 0.278. The van der Waals surface area contributed by atoms with Gasteiger partial charge in [0.1, 0.15) is 5.84 Å². The number of rotatable bonds is 2. The fraction of sp³-hybridized carbons (Fsp3) is 0.381. The predicted molar refractivity (Wildman–Crippen MR) is 102 cm³/mol. The van der Waals surface area contributed by atoms with Crippen molar-refractivity contribution in [2.75, 3.05) is 5.32 Å². The van der Waals surface area contributed by atoms with E-state index in [0.29, 0.717) is 0 Å². The number of halogens is 1. The number of benzene rings is 2. The molecular formula is C21H23ClN2. The molecule has 0 unspecified atom stereocenters. The Bertz CT molecular complexity index is 746. The summed E-state index contributed by atoms with van der Waals surface area (Å²) >= 11 is 6.19. The van der Waals surface area contributed by atoms with Gasteiger partial charge in [0.05, 0.1) is 6.54 Å². The van der Waals surface area contributed by atoms with Gasteiger partial charge in [0.25, 0.3) is 0 Å². The Morgan fingerprint density at radius 2 is 1.79 bits per heavy atom. The molecule has 124 valence electrons. The highest BCUT2D eigenvalue weighted by atomic mass is 35.5. The average molecular weight is 339 g/mol. The highest BCUT2D eigenvalue weighted by molar-refractivity contribution is 6.31. The zero-order valence-corrected chi connectivity index (χ0v) is 14.6. The first kappa shape index (κ1) is 15.7. The first-order valence-electron chi connectivity index (χ1n) is 8.90. The van der Waals surface area contributed by atoms with Gasteiger partial charge < -0.3 is 5.32 Å². The molecule has 4 rings (SSSR count). The minimum Gasteiger partial charge on any atom is -0.343 e. The molecule has 0 aromatic heterocycles. The van der Waals surface area contributed by atoms with Gasteiger partial charge in [-0.3, -0.25) is 4.99 Å². The van der Waals surface area contributed by atoms with Crippen molar-refractivity contribution in [3.05, 3.63) is 64.7 Å². The van der Waals surface area contributed by atoms with Crippen LogP contribution in [-0.2, 0) is 13.0 Å². The average Bonchev–Trinajstić information content (AvgIpc) is 2.62. The summed E-state index contributed by atoms with van der Waals surface area (Å²) in [4.78, 5) is 5.02. The van der Waals surface area contributed by atoms with Crippen LogP contribution in [0.4, 0.5) is 5.69 Å². The summed E-state index contributed by atoms with van der Waals surface area (Å²) in [7, 11) is 0. The van der Waals surface area contributed by atoms with Gasteiger partial charge in [-0.15, -0.1) is 0 Å². The second kappa shape index (κ2) is 6.60. The lowest BCUT2D eigenvalue weighted by atomic mass is 9.67. The van der Waals surface area contributed by atoms with E-state index in [4.69, 9.17) is 16.6 Å². The molecule has 2 aromatic rings. The minimum absolute atomic E-state index is 0.188. The standard InChI is InChI=1S/C21H23ClN2/c22-18-10-9-17-14-21(11-5-2-6-12-21)20(24-19(17)13-18)23-15-16-7-3-1-4-8-16/h1,3-4,7-10,13H,2,5-6,11-12,14-15H2,(H,23,24). The second-order valence-electron chi connectivity index (χ2n) is 7.09. The third-order valence-corrected chi connectivity index (χ3v) is 5.66. The second-order valence-corrected chi connectivity index (χ2v) is 7.53. The van der Waals surface area contributed by atoms with E-state index >= 15 is 0 Å². The lowest BCUT2D eigenvalue weighted by Crippen LogP contribution is -2.43. The predicted octanol–water partition coefficient (Wildman–Crippen LogP) is 5.86. The Balaban J connectivity index is 1.68. The molecule has 1 heterocycles. The van der Waals surface area contributed by atoms with Crippen LogP contribution in [0.25, 0.3) is 0 Å². The molecular weight excluding hydrogens is 316 g/mol. The van der Waals surface area contributed by atoms with E-state index in [1.54, 1.807) is 0 Å². The van der Waals surface area contributed by atoms with Crippen molar-refractivity contribution >= 4 is 23.1 Å². The zero-order chi connectivity index (χ0) is 16.4. The summed E-state index contributed by atoms with van der Waals surface area (Å²) < 4.78 is 0. The van der Waals surface area contributed by atoms with Crippen molar-refractivity contribution in [3.63, 3.8) is 0 Å². The van der Waals surface area contributed by atoms with Gasteiger partial charge in [0.2, 0.25) is 0 Å². The molecule has 1 aliphatic carbocycles. The minimum atomic E-state index is 0.188. The molecule has 0 atom stereocenters. The maximum atomic E-state index is 6.19. The van der Waals surface area contributed by atoms with Crippen LogP contribution < -0.4 is 5.32 Å². The van der Waals surface area contributed by atoms with E-state index in [1.807, 2.05) is 12.1 Å². The van der Waals surface area contributed by atoms with Crippen LogP contribution in [0.2, 0.25) is 5.02 Å². The summed E-state index contributed by atoms with van der Waals surface area (Å²) in [5.74, 6) is 1.17. The number of amidine groups is 1. The molecule has 0 saturated heterocycles. The van der Waals surface area contributed by atoms with E-state index in [0.717, 1.165) is 23.7 Å². The maximum Gasteiger partial charge on any atom is 0.108 e. The van der Waals surface area contributed by atoms with Crippen LogP contribution in [0.15, 0.2) is 53.5 Å². The van der Waals surface area contributed by atoms with Crippen LogP contribution in [0.5, 0.6) is 0 Å². The van der Waals surface area contributed by atoms with Gasteiger partial charge in [-0.05, 0) is 42.5 Å². The van der Waals surface area contributed by atoms with E-state index in [9.17, 15) is 0 Å². The Labute approximate surface area is 149 Å². The molecule has 24 heavy (non-hydrogen) atoms. The normalized spacial score (nSPS) is 20.6. The van der Waals surface area contributed by atoms with Gasteiger partial charge in [-0.25, -0.2) is 0 Å². The first-order valence-corrected chi connectivity index (χ1v) is 9.27. The molecule has 2 nitrogen and oxygen atoms in total. The smallest absolute Gasteiger partial charge is 0.108 e. The van der Waals surface area contributed by atoms with Crippen LogP contribution in [-0.4, -0.2) is 5.84 Å². The molecule has 2 aliphatic rings. The Kier molecular flexibility index (Phi) is 4.32. The van der Waals surface area contributed by atoms with Crippen LogP contribution in [0, 0.1) is 5.41 Å². The summed E-state index contributed by atoms with van der Waals surface area (Å²) in [5.41, 5.74) is 3.95. The van der Waals surface area contributed by atoms with E-state index in [1.165, 1.54) is 49.1 Å². The Hall–Kier alpha value is -1.80. The van der Waals surface area contributed by atoms with Crippen molar-refractivity contribution in [1.82, 2.24) is 0 Å². The van der Waals surface area contributed by atoms with Gasteiger partial charge in [0.15, 0.2) is 0 Å². The monoisotopic (exact) mass is 338 g/mol. The third-order valence-electron chi connectivity index (χ3n) is 5.43. The molecule has 1 aliphatic heterocycles. The van der Waals surface area contributed by atoms with E-state index < -0.39 is 0 Å². The first-order chi connectivity index (χ1) is 11.8. The number of aliphatic imine (C=N–C) groups is 1. The maximum absolute atomic E-state index is 6.19. The lowest BCUT2D eigenvalue weighted by Gasteiger charge is -2.42. The van der Waals surface area contributed by atoms with Crippen molar-refractivity contribution in [1.29, 1.82) is 0 Å². The number of nitrogens with zero attached hydrogens (tertiary/aromatic N) is 1. The molecule has 1 N–H and O–H groups in total. The molecule has 0 bridgehead atoms. The van der Waals surface area contributed by atoms with Crippen LogP contribution in [0.3, 0.4) is 0 Å². The fourth-order valence-electron chi connectivity index (χ4n) is 4.13. The highest BCUT2D eigenvalue weighted by Crippen LogP contribution is 2.45. The molecule has 1 spiro atoms. The van der Waals surface area contributed by atoms with Gasteiger partial charge in [0, 0.05) is 16.1 Å². The number of hydrogen-bond acceptors (Lipinski definition) is 1. The molecule has 3 heteroatoms. The highest BCUT2D eigenvalue weighted by Gasteiger charge is 2.40. The molecule has 1 saturated carbocycles.